The molecular formula is C16H31N4O+. The molecule has 4 N–H and O–H groups in total. The maximum Gasteiger partial charge on any atom is 0.381 e. The molecule has 0 saturated heterocycles. The van der Waals surface area contributed by atoms with Crippen molar-refractivity contribution in [1.29, 1.82) is 0 Å². The highest BCUT2D eigenvalue weighted by Crippen LogP contribution is 2.10. The number of rotatable bonds is 12. The van der Waals surface area contributed by atoms with E-state index in [0.29, 0.717) is 5.82 Å². The van der Waals surface area contributed by atoms with Gasteiger partial charge in [0, 0.05) is 12.6 Å². The summed E-state index contributed by atoms with van der Waals surface area (Å²) in [5.41, 5.74) is 5.51. The van der Waals surface area contributed by atoms with Gasteiger partial charge in [-0.2, -0.15) is 0 Å². The van der Waals surface area contributed by atoms with Crippen LogP contribution in [0, 0.1) is 0 Å². The summed E-state index contributed by atoms with van der Waals surface area (Å²) in [5, 5.41) is 12.8. The first kappa shape index (κ1) is 17.5. The van der Waals surface area contributed by atoms with Gasteiger partial charge in [0.15, 0.2) is 0 Å². The largest absolute Gasteiger partial charge is 0.382 e. The molecule has 0 aliphatic heterocycles. The van der Waals surface area contributed by atoms with Gasteiger partial charge in [-0.25, -0.2) is 0 Å². The summed E-state index contributed by atoms with van der Waals surface area (Å²) in [4.78, 5) is 3.79. The summed E-state index contributed by atoms with van der Waals surface area (Å²) in [6.45, 7) is 3.10. The predicted octanol–water partition coefficient (Wildman–Crippen LogP) is 3.52. The highest BCUT2D eigenvalue weighted by atomic mass is 16.5. The molecule has 0 radical (unpaired) electrons. The number of nitrogens with one attached hydrogen (secondary N) is 1. The highest BCUT2D eigenvalue weighted by molar-refractivity contribution is 5.28. The Bertz CT molecular complexity index is 385. The van der Waals surface area contributed by atoms with Gasteiger partial charge in [0.05, 0.1) is 6.20 Å². The van der Waals surface area contributed by atoms with Crippen molar-refractivity contribution in [3.63, 3.8) is 0 Å². The van der Waals surface area contributed by atoms with E-state index < -0.39 is 0 Å². The van der Waals surface area contributed by atoms with Gasteiger partial charge in [-0.15, -0.1) is 4.98 Å². The second-order valence-corrected chi connectivity index (χ2v) is 5.61. The fraction of sp³-hybridized carbons (Fsp3) is 0.750. The van der Waals surface area contributed by atoms with Crippen LogP contribution in [0.2, 0.25) is 0 Å². The first-order chi connectivity index (χ1) is 10.3. The summed E-state index contributed by atoms with van der Waals surface area (Å²) in [5.74, 6) is 0.696. The second-order valence-electron chi connectivity index (χ2n) is 5.61. The highest BCUT2D eigenvalue weighted by Gasteiger charge is 2.08. The minimum atomic E-state index is 0.100. The molecule has 0 aliphatic carbocycles. The Hall–Kier alpha value is -1.52. The molecule has 0 unspecified atom stereocenters. The molecule has 0 aliphatic rings. The number of anilines is 2. The smallest absolute Gasteiger partial charge is 0.381 e. The number of aromatic nitrogens is 2. The molecule has 21 heavy (non-hydrogen) atoms. The molecule has 1 rings (SSSR count). The molecule has 0 bridgehead atoms. The van der Waals surface area contributed by atoms with E-state index in [1.807, 2.05) is 0 Å². The summed E-state index contributed by atoms with van der Waals surface area (Å²) in [6.07, 6.45) is 14.8. The van der Waals surface area contributed by atoms with Crippen molar-refractivity contribution in [2.75, 3.05) is 17.6 Å². The van der Waals surface area contributed by atoms with E-state index in [2.05, 4.69) is 17.2 Å². The maximum absolute atomic E-state index is 9.63. The van der Waals surface area contributed by atoms with Gasteiger partial charge in [-0.05, 0) is 11.2 Å². The van der Waals surface area contributed by atoms with Gasteiger partial charge in [-0.3, -0.25) is 0 Å². The molecule has 0 fully saturated rings. The first-order valence-electron chi connectivity index (χ1n) is 8.35. The lowest BCUT2D eigenvalue weighted by Gasteiger charge is -2.05. The van der Waals surface area contributed by atoms with Crippen LogP contribution in [-0.2, 0) is 0 Å². The zero-order chi connectivity index (χ0) is 15.3. The monoisotopic (exact) mass is 295 g/mol. The van der Waals surface area contributed by atoms with Crippen molar-refractivity contribution in [3.8, 4) is 0 Å². The van der Waals surface area contributed by atoms with Crippen molar-refractivity contribution in [2.45, 2.75) is 71.1 Å². The van der Waals surface area contributed by atoms with E-state index >= 15 is 0 Å². The Balaban J connectivity index is 1.94. The van der Waals surface area contributed by atoms with Crippen LogP contribution in [0.5, 0.6) is 0 Å². The SMILES string of the molecule is CCCCCCCCCCCCNc1ccnc(N)[n+]1O. The quantitative estimate of drug-likeness (QED) is 0.313. The Morgan fingerprint density at radius 1 is 1.05 bits per heavy atom. The van der Waals surface area contributed by atoms with Crippen LogP contribution in [0.25, 0.3) is 0 Å². The molecule has 120 valence electrons. The first-order valence-corrected chi connectivity index (χ1v) is 8.35. The van der Waals surface area contributed by atoms with E-state index in [1.165, 1.54) is 57.8 Å². The number of nitrogen functional groups attached to an aromatic ring is 1. The molecule has 1 aromatic rings. The molecule has 5 heteroatoms. The average Bonchev–Trinajstić information content (AvgIpc) is 2.49. The van der Waals surface area contributed by atoms with Crippen LogP contribution in [0.3, 0.4) is 0 Å². The number of unbranched alkanes of at least 4 members (excludes halogenated alkanes) is 9. The van der Waals surface area contributed by atoms with Crippen LogP contribution in [0.1, 0.15) is 71.1 Å². The van der Waals surface area contributed by atoms with Crippen LogP contribution in [0.4, 0.5) is 11.8 Å². The van der Waals surface area contributed by atoms with E-state index in [9.17, 15) is 5.21 Å². The van der Waals surface area contributed by atoms with Crippen molar-refractivity contribution >= 4 is 11.8 Å². The number of hydrogen-bond donors (Lipinski definition) is 3. The minimum Gasteiger partial charge on any atom is -0.382 e. The van der Waals surface area contributed by atoms with Gasteiger partial charge in [0.2, 0.25) is 5.82 Å². The van der Waals surface area contributed by atoms with Gasteiger partial charge in [0.25, 0.3) is 0 Å². The molecule has 0 aromatic carbocycles. The average molecular weight is 295 g/mol. The lowest BCUT2D eigenvalue weighted by atomic mass is 10.1. The standard InChI is InChI=1S/C16H30N4O/c1-2-3-4-5-6-7-8-9-10-11-13-18-15-12-14-19-16(17)20(15)21/h12,14,21H,2-11,13H2,1H3,(H2,17,18,19)/p+1. The van der Waals surface area contributed by atoms with Crippen LogP contribution >= 0.6 is 0 Å². The molecule has 5 nitrogen and oxygen atoms in total. The molecular weight excluding hydrogens is 264 g/mol. The van der Waals surface area contributed by atoms with Crippen molar-refractivity contribution in [3.05, 3.63) is 12.3 Å². The topological polar surface area (TPSA) is 75.0 Å². The van der Waals surface area contributed by atoms with Gasteiger partial charge < -0.3 is 16.3 Å². The lowest BCUT2D eigenvalue weighted by molar-refractivity contribution is -0.883. The zero-order valence-corrected chi connectivity index (χ0v) is 13.4. The van der Waals surface area contributed by atoms with Crippen LogP contribution in [0.15, 0.2) is 12.3 Å². The zero-order valence-electron chi connectivity index (χ0n) is 13.4. The molecule has 0 atom stereocenters. The molecule has 1 heterocycles. The number of nitrogens with two attached hydrogens (primary N) is 1. The Morgan fingerprint density at radius 3 is 2.24 bits per heavy atom. The molecule has 0 saturated carbocycles. The minimum absolute atomic E-state index is 0.100. The summed E-state index contributed by atoms with van der Waals surface area (Å²) in [6, 6.07) is 1.71. The van der Waals surface area contributed by atoms with Gasteiger partial charge in [0.1, 0.15) is 0 Å². The summed E-state index contributed by atoms with van der Waals surface area (Å²) in [7, 11) is 0. The fourth-order valence-electron chi connectivity index (χ4n) is 2.40. The van der Waals surface area contributed by atoms with Gasteiger partial charge in [-0.1, -0.05) is 64.7 Å². The predicted molar refractivity (Wildman–Crippen MR) is 86.4 cm³/mol. The second kappa shape index (κ2) is 11.2. The van der Waals surface area contributed by atoms with Crippen molar-refractivity contribution < 1.29 is 9.94 Å². The van der Waals surface area contributed by atoms with E-state index in [1.54, 1.807) is 12.3 Å². The number of nitrogens with zero attached hydrogens (tertiary/aromatic N) is 2. The van der Waals surface area contributed by atoms with Crippen LogP contribution < -0.4 is 15.8 Å². The van der Waals surface area contributed by atoms with Crippen LogP contribution in [-0.4, -0.2) is 16.7 Å². The molecule has 0 amide bonds. The third kappa shape index (κ3) is 7.73. The van der Waals surface area contributed by atoms with Crippen molar-refractivity contribution in [1.82, 2.24) is 4.98 Å². The molecule has 1 aromatic heterocycles. The van der Waals surface area contributed by atoms with E-state index in [-0.39, 0.29) is 5.95 Å². The Morgan fingerprint density at radius 2 is 1.62 bits per heavy atom. The summed E-state index contributed by atoms with van der Waals surface area (Å²) < 4.78 is 0.885. The lowest BCUT2D eigenvalue weighted by Crippen LogP contribution is -2.38. The fourth-order valence-corrected chi connectivity index (χ4v) is 2.40. The van der Waals surface area contributed by atoms with Gasteiger partial charge >= 0.3 is 5.95 Å². The molecule has 0 spiro atoms. The maximum atomic E-state index is 9.63. The normalized spacial score (nSPS) is 10.7. The van der Waals surface area contributed by atoms with Crippen molar-refractivity contribution in [2.24, 2.45) is 0 Å². The van der Waals surface area contributed by atoms with E-state index in [0.717, 1.165) is 17.7 Å². The Labute approximate surface area is 128 Å². The Kier molecular flexibility index (Phi) is 9.33. The third-order valence-corrected chi connectivity index (χ3v) is 3.72. The van der Waals surface area contributed by atoms with E-state index in [4.69, 9.17) is 5.73 Å². The summed E-state index contributed by atoms with van der Waals surface area (Å²) >= 11 is 0. The third-order valence-electron chi connectivity index (χ3n) is 3.72. The number of hydrogen-bond acceptors (Lipinski definition) is 4.